The maximum atomic E-state index is 12.1. The van der Waals surface area contributed by atoms with E-state index >= 15 is 0 Å². The van der Waals surface area contributed by atoms with Crippen LogP contribution in [0, 0.1) is 0 Å². The third-order valence-electron chi connectivity index (χ3n) is 2.07. The van der Waals surface area contributed by atoms with Crippen molar-refractivity contribution in [2.45, 2.75) is 32.3 Å². The van der Waals surface area contributed by atoms with Crippen LogP contribution < -0.4 is 0 Å². The van der Waals surface area contributed by atoms with Crippen molar-refractivity contribution in [3.8, 4) is 0 Å². The van der Waals surface area contributed by atoms with Crippen LogP contribution >= 0.6 is 0 Å². The minimum Gasteiger partial charge on any atom is -0.491 e. The Bertz CT molecular complexity index is 261. The summed E-state index contributed by atoms with van der Waals surface area (Å²) in [5, 5.41) is 8.59. The predicted molar refractivity (Wildman–Crippen MR) is 66.0 cm³/mol. The molecule has 1 atom stereocenters. The molecule has 0 spiro atoms. The van der Waals surface area contributed by atoms with Gasteiger partial charge in [0.05, 0.1) is 0 Å². The predicted octanol–water partition coefficient (Wildman–Crippen LogP) is 3.08. The van der Waals surface area contributed by atoms with Crippen molar-refractivity contribution >= 4 is 0 Å². The smallest absolute Gasteiger partial charge is 0.132 e. The third-order valence-corrected chi connectivity index (χ3v) is 2.07. The Balaban J connectivity index is 3.81. The lowest BCUT2D eigenvalue weighted by molar-refractivity contribution is -0.193. The Kier molecular flexibility index (Phi) is 9.38. The molecule has 1 N–H and O–H groups in total. The maximum Gasteiger partial charge on any atom is 0.132 e. The highest BCUT2D eigenvalue weighted by Gasteiger charge is 2.10. The summed E-state index contributed by atoms with van der Waals surface area (Å²) in [6.45, 7) is 9.43. The lowest BCUT2D eigenvalue weighted by atomic mass is 10.2. The second kappa shape index (κ2) is 10.1. The van der Waals surface area contributed by atoms with E-state index < -0.39 is 6.10 Å². The van der Waals surface area contributed by atoms with Gasteiger partial charge in [0.15, 0.2) is 0 Å². The largest absolute Gasteiger partial charge is 0.491 e. The zero-order chi connectivity index (χ0) is 13.1. The molecule has 0 aliphatic carbocycles. The molecule has 0 rings (SSSR count). The van der Waals surface area contributed by atoms with Gasteiger partial charge in [-0.15, -0.1) is 0 Å². The highest BCUT2D eigenvalue weighted by atomic mass is 19.3. The Morgan fingerprint density at radius 3 is 2.59 bits per heavy atom. The fourth-order valence-corrected chi connectivity index (χ4v) is 1.12. The zero-order valence-electron chi connectivity index (χ0n) is 10.3. The monoisotopic (exact) mass is 244 g/mol. The molecule has 3 nitrogen and oxygen atoms in total. The van der Waals surface area contributed by atoms with Gasteiger partial charge in [0.1, 0.15) is 18.5 Å². The summed E-state index contributed by atoms with van der Waals surface area (Å²) in [5.74, 6) is 0.442. The molecule has 98 valence electrons. The lowest BCUT2D eigenvalue weighted by Crippen LogP contribution is -2.16. The van der Waals surface area contributed by atoms with Crippen molar-refractivity contribution in [1.29, 1.82) is 0 Å². The number of allylic oxidation sites excluding steroid dienone is 3. The molecule has 0 aromatic rings. The van der Waals surface area contributed by atoms with Crippen molar-refractivity contribution in [3.63, 3.8) is 0 Å². The number of unbranched alkanes of at least 4 members (excludes halogenated alkanes) is 1. The molecule has 0 amide bonds. The summed E-state index contributed by atoms with van der Waals surface area (Å²) in [6, 6.07) is 0. The Hall–Kier alpha value is -1.13. The van der Waals surface area contributed by atoms with Crippen LogP contribution in [0.1, 0.15) is 26.2 Å². The number of aliphatic hydroxyl groups is 1. The standard InChI is InChI=1S/C13H21FO3/c1-11(2)7-8-12(3)16-10-13(17-14)6-4-5-9-15/h7-8,13,15H,1,3-6,9-10H2,2H3/b8-7-. The van der Waals surface area contributed by atoms with Gasteiger partial charge in [0.25, 0.3) is 0 Å². The van der Waals surface area contributed by atoms with Gasteiger partial charge in [0, 0.05) is 6.61 Å². The molecule has 0 aromatic heterocycles. The van der Waals surface area contributed by atoms with Gasteiger partial charge >= 0.3 is 0 Å². The molecular formula is C13H21FO3. The van der Waals surface area contributed by atoms with Crippen molar-refractivity contribution < 1.29 is 19.3 Å². The minimum atomic E-state index is -0.614. The first-order chi connectivity index (χ1) is 8.10. The third kappa shape index (κ3) is 9.78. The van der Waals surface area contributed by atoms with Gasteiger partial charge in [-0.3, -0.25) is 0 Å². The summed E-state index contributed by atoms with van der Waals surface area (Å²) < 4.78 is 17.4. The van der Waals surface area contributed by atoms with Gasteiger partial charge in [-0.25, -0.2) is 0 Å². The molecule has 0 saturated heterocycles. The molecule has 0 aromatic carbocycles. The fourth-order valence-electron chi connectivity index (χ4n) is 1.12. The van der Waals surface area contributed by atoms with Gasteiger partial charge in [-0.2, -0.15) is 4.94 Å². The molecule has 1 unspecified atom stereocenters. The van der Waals surface area contributed by atoms with Crippen molar-refractivity contribution in [3.05, 3.63) is 36.6 Å². The summed E-state index contributed by atoms with van der Waals surface area (Å²) in [6.07, 6.45) is 4.66. The quantitative estimate of drug-likeness (QED) is 0.364. The van der Waals surface area contributed by atoms with Gasteiger partial charge < -0.3 is 9.84 Å². The van der Waals surface area contributed by atoms with Crippen LogP contribution in [-0.4, -0.2) is 24.4 Å². The number of aliphatic hydroxyl groups excluding tert-OH is 1. The van der Waals surface area contributed by atoms with Gasteiger partial charge in [0.2, 0.25) is 0 Å². The second-order valence-corrected chi connectivity index (χ2v) is 3.89. The van der Waals surface area contributed by atoms with Crippen molar-refractivity contribution in [2.24, 2.45) is 0 Å². The summed E-state index contributed by atoms with van der Waals surface area (Å²) in [7, 11) is 0. The van der Waals surface area contributed by atoms with E-state index in [0.29, 0.717) is 25.0 Å². The molecule has 0 aliphatic rings. The first kappa shape index (κ1) is 15.9. The average Bonchev–Trinajstić information content (AvgIpc) is 2.31. The molecule has 0 aliphatic heterocycles. The van der Waals surface area contributed by atoms with Crippen LogP contribution in [0.5, 0.6) is 0 Å². The number of halogens is 1. The molecule has 0 bridgehead atoms. The van der Waals surface area contributed by atoms with E-state index in [2.05, 4.69) is 18.1 Å². The highest BCUT2D eigenvalue weighted by Crippen LogP contribution is 2.09. The van der Waals surface area contributed by atoms with E-state index in [0.717, 1.165) is 5.57 Å². The molecule has 0 saturated carbocycles. The molecule has 0 fully saturated rings. The van der Waals surface area contributed by atoms with Crippen LogP contribution in [0.2, 0.25) is 0 Å². The van der Waals surface area contributed by atoms with E-state index in [1.807, 2.05) is 6.92 Å². The van der Waals surface area contributed by atoms with Crippen molar-refractivity contribution in [1.82, 2.24) is 0 Å². The average molecular weight is 244 g/mol. The zero-order valence-corrected chi connectivity index (χ0v) is 10.3. The summed E-state index contributed by atoms with van der Waals surface area (Å²) in [5.41, 5.74) is 0.885. The van der Waals surface area contributed by atoms with Crippen LogP contribution in [0.4, 0.5) is 4.53 Å². The molecular weight excluding hydrogens is 223 g/mol. The van der Waals surface area contributed by atoms with Crippen molar-refractivity contribution in [2.75, 3.05) is 13.2 Å². The van der Waals surface area contributed by atoms with E-state index in [1.54, 1.807) is 12.2 Å². The van der Waals surface area contributed by atoms with E-state index in [1.165, 1.54) is 0 Å². The van der Waals surface area contributed by atoms with Gasteiger partial charge in [-0.1, -0.05) is 24.8 Å². The van der Waals surface area contributed by atoms with Crippen LogP contribution in [0.3, 0.4) is 0 Å². The van der Waals surface area contributed by atoms with E-state index in [9.17, 15) is 4.53 Å². The van der Waals surface area contributed by atoms with E-state index in [-0.39, 0.29) is 13.2 Å². The first-order valence-corrected chi connectivity index (χ1v) is 5.63. The van der Waals surface area contributed by atoms with Crippen LogP contribution in [0.15, 0.2) is 36.6 Å². The Morgan fingerprint density at radius 2 is 2.06 bits per heavy atom. The Labute approximate surface area is 102 Å². The van der Waals surface area contributed by atoms with Crippen LogP contribution in [0.25, 0.3) is 0 Å². The number of hydrogen-bond donors (Lipinski definition) is 1. The van der Waals surface area contributed by atoms with Crippen LogP contribution in [-0.2, 0) is 9.68 Å². The summed E-state index contributed by atoms with van der Waals surface area (Å²) >= 11 is 0. The van der Waals surface area contributed by atoms with E-state index in [4.69, 9.17) is 9.84 Å². The second-order valence-electron chi connectivity index (χ2n) is 3.89. The maximum absolute atomic E-state index is 12.1. The number of ether oxygens (including phenoxy) is 1. The lowest BCUT2D eigenvalue weighted by Gasteiger charge is -2.13. The minimum absolute atomic E-state index is 0.105. The topological polar surface area (TPSA) is 38.7 Å². The first-order valence-electron chi connectivity index (χ1n) is 5.63. The SMILES string of the molecule is C=C(C)/C=C\C(=C)OCC(CCCCO)OF. The molecule has 0 radical (unpaired) electrons. The molecule has 17 heavy (non-hydrogen) atoms. The van der Waals surface area contributed by atoms with Gasteiger partial charge in [-0.05, 0) is 36.8 Å². The number of hydrogen-bond acceptors (Lipinski definition) is 3. The fraction of sp³-hybridized carbons (Fsp3) is 0.538. The summed E-state index contributed by atoms with van der Waals surface area (Å²) in [4.78, 5) is 3.78. The highest BCUT2D eigenvalue weighted by molar-refractivity contribution is 5.19. The molecule has 0 heterocycles. The Morgan fingerprint density at radius 1 is 1.35 bits per heavy atom. The molecule has 4 heteroatoms. The normalized spacial score (nSPS) is 12.6. The number of rotatable bonds is 10.